The van der Waals surface area contributed by atoms with E-state index >= 15 is 0 Å². The second kappa shape index (κ2) is 7.96. The van der Waals surface area contributed by atoms with Crippen molar-refractivity contribution in [3.8, 4) is 0 Å². The van der Waals surface area contributed by atoms with E-state index in [2.05, 4.69) is 73.1 Å². The van der Waals surface area contributed by atoms with E-state index in [4.69, 9.17) is 4.74 Å². The summed E-state index contributed by atoms with van der Waals surface area (Å²) in [7, 11) is 0. The molecule has 0 aliphatic rings. The van der Waals surface area contributed by atoms with Crippen molar-refractivity contribution in [2.24, 2.45) is 5.92 Å². The summed E-state index contributed by atoms with van der Waals surface area (Å²) in [4.78, 5) is 23.0. The van der Waals surface area contributed by atoms with Crippen molar-refractivity contribution in [2.75, 3.05) is 11.9 Å². The smallest absolute Gasteiger partial charge is 0.308 e. The molecule has 7 heteroatoms. The van der Waals surface area contributed by atoms with Crippen molar-refractivity contribution in [2.45, 2.75) is 13.8 Å². The number of hydrogen-bond donors (Lipinski definition) is 1. The Morgan fingerprint density at radius 1 is 1.21 bits per heavy atom. The second-order valence-electron chi connectivity index (χ2n) is 4.06. The maximum absolute atomic E-state index is 11.7. The molecule has 0 fully saturated rings. The quantitative estimate of drug-likeness (QED) is 0.426. The third-order valence-electron chi connectivity index (χ3n) is 2.09. The average Bonchev–Trinajstić information content (AvgIpc) is 2.30. The van der Waals surface area contributed by atoms with E-state index in [1.54, 1.807) is 13.8 Å². The van der Waals surface area contributed by atoms with E-state index in [0.29, 0.717) is 0 Å². The van der Waals surface area contributed by atoms with Crippen LogP contribution in [0.3, 0.4) is 0 Å². The zero-order valence-corrected chi connectivity index (χ0v) is 16.8. The van der Waals surface area contributed by atoms with E-state index in [1.165, 1.54) is 0 Å². The van der Waals surface area contributed by atoms with Crippen molar-refractivity contribution in [3.63, 3.8) is 0 Å². The molecule has 0 unspecified atom stereocenters. The molecule has 1 aromatic rings. The number of carbonyl (C=O) groups excluding carboxylic acids is 2. The first-order chi connectivity index (χ1) is 8.81. The van der Waals surface area contributed by atoms with Crippen LogP contribution < -0.4 is 5.32 Å². The minimum atomic E-state index is -0.373. The predicted molar refractivity (Wildman–Crippen MR) is 99.0 cm³/mol. The van der Waals surface area contributed by atoms with E-state index in [0.717, 1.165) is 16.4 Å². The van der Waals surface area contributed by atoms with E-state index in [1.807, 2.05) is 12.1 Å². The van der Waals surface area contributed by atoms with Gasteiger partial charge in [-0.25, -0.2) is 0 Å². The van der Waals surface area contributed by atoms with Crippen LogP contribution in [0.2, 0.25) is 0 Å². The molecule has 0 saturated carbocycles. The number of hydrogen-bond acceptors (Lipinski definition) is 3. The van der Waals surface area contributed by atoms with Crippen LogP contribution in [0.4, 0.5) is 5.69 Å². The van der Waals surface area contributed by atoms with Gasteiger partial charge < -0.3 is 10.1 Å². The van der Waals surface area contributed by atoms with Gasteiger partial charge in [0.25, 0.3) is 5.91 Å². The third kappa shape index (κ3) is 5.69. The van der Waals surface area contributed by atoms with Gasteiger partial charge in [-0.05, 0) is 79.9 Å². The van der Waals surface area contributed by atoms with E-state index in [9.17, 15) is 9.59 Å². The average molecular weight is 599 g/mol. The number of rotatable bonds is 4. The Labute approximate surface area is 152 Å². The molecule has 0 saturated heterocycles. The van der Waals surface area contributed by atoms with Gasteiger partial charge in [0.2, 0.25) is 0 Å². The van der Waals surface area contributed by atoms with Crippen LogP contribution in [0.25, 0.3) is 0 Å². The molecule has 104 valence electrons. The molecule has 1 aromatic carbocycles. The molecule has 4 nitrogen and oxygen atoms in total. The molecule has 0 aromatic heterocycles. The third-order valence-corrected chi connectivity index (χ3v) is 4.41. The highest BCUT2D eigenvalue weighted by atomic mass is 127. The first-order valence-electron chi connectivity index (χ1n) is 5.42. The summed E-state index contributed by atoms with van der Waals surface area (Å²) in [6.45, 7) is 3.20. The highest BCUT2D eigenvalue weighted by Crippen LogP contribution is 2.27. The molecule has 0 radical (unpaired) electrons. The lowest BCUT2D eigenvalue weighted by molar-refractivity contribution is -0.150. The van der Waals surface area contributed by atoms with E-state index in [-0.39, 0.29) is 24.4 Å². The SMILES string of the molecule is CC(C)C(=O)OCC(=O)Nc1c(I)cc(I)cc1I. The maximum atomic E-state index is 11.7. The van der Waals surface area contributed by atoms with Gasteiger partial charge in [0, 0.05) is 10.7 Å². The van der Waals surface area contributed by atoms with Gasteiger partial charge in [-0.15, -0.1) is 0 Å². The van der Waals surface area contributed by atoms with Crippen molar-refractivity contribution < 1.29 is 14.3 Å². The van der Waals surface area contributed by atoms with Crippen LogP contribution >= 0.6 is 67.8 Å². The minimum absolute atomic E-state index is 0.230. The molecular weight excluding hydrogens is 587 g/mol. The van der Waals surface area contributed by atoms with Crippen LogP contribution in [0.5, 0.6) is 0 Å². The van der Waals surface area contributed by atoms with Gasteiger partial charge in [0.1, 0.15) is 0 Å². The van der Waals surface area contributed by atoms with Crippen LogP contribution in [0.1, 0.15) is 13.8 Å². The molecule has 1 rings (SSSR count). The number of amides is 1. The number of nitrogens with one attached hydrogen (secondary N) is 1. The Hall–Kier alpha value is 0.350. The second-order valence-corrected chi connectivity index (χ2v) is 7.63. The number of esters is 1. The lowest BCUT2D eigenvalue weighted by atomic mass is 10.2. The van der Waals surface area contributed by atoms with Crippen molar-refractivity contribution in [1.29, 1.82) is 0 Å². The van der Waals surface area contributed by atoms with Gasteiger partial charge in [-0.2, -0.15) is 0 Å². The van der Waals surface area contributed by atoms with Crippen LogP contribution in [-0.2, 0) is 14.3 Å². The molecule has 0 bridgehead atoms. The molecule has 1 N–H and O–H groups in total. The molecule has 19 heavy (non-hydrogen) atoms. The maximum Gasteiger partial charge on any atom is 0.308 e. The zero-order valence-electron chi connectivity index (χ0n) is 10.3. The fourth-order valence-electron chi connectivity index (χ4n) is 1.14. The summed E-state index contributed by atoms with van der Waals surface area (Å²) in [5.74, 6) is -0.931. The number of carbonyl (C=O) groups is 2. The largest absolute Gasteiger partial charge is 0.455 e. The van der Waals surface area contributed by atoms with Gasteiger partial charge in [0.05, 0.1) is 11.6 Å². The van der Waals surface area contributed by atoms with Gasteiger partial charge in [-0.3, -0.25) is 9.59 Å². The zero-order chi connectivity index (χ0) is 14.6. The summed E-state index contributed by atoms with van der Waals surface area (Å²) in [5.41, 5.74) is 0.757. The number of benzene rings is 1. The summed E-state index contributed by atoms with van der Waals surface area (Å²) in [6, 6.07) is 3.94. The minimum Gasteiger partial charge on any atom is -0.455 e. The molecule has 1 amide bonds. The Morgan fingerprint density at radius 3 is 2.21 bits per heavy atom. The number of anilines is 1. The van der Waals surface area contributed by atoms with Crippen LogP contribution in [0.15, 0.2) is 12.1 Å². The monoisotopic (exact) mass is 599 g/mol. The van der Waals surface area contributed by atoms with Gasteiger partial charge in [-0.1, -0.05) is 13.8 Å². The normalized spacial score (nSPS) is 10.4. The Bertz CT molecular complexity index is 480. The molecule has 0 heterocycles. The fourth-order valence-corrected chi connectivity index (χ4v) is 4.99. The van der Waals surface area contributed by atoms with Gasteiger partial charge >= 0.3 is 5.97 Å². The Balaban J connectivity index is 2.65. The Kier molecular flexibility index (Phi) is 7.29. The van der Waals surface area contributed by atoms with Crippen LogP contribution in [-0.4, -0.2) is 18.5 Å². The predicted octanol–water partition coefficient (Wildman–Crippen LogP) is 3.64. The molecule has 0 atom stereocenters. The van der Waals surface area contributed by atoms with E-state index < -0.39 is 0 Å². The number of ether oxygens (including phenoxy) is 1. The summed E-state index contributed by atoms with van der Waals surface area (Å²) in [5, 5.41) is 2.77. The standard InChI is InChI=1S/C12H12I3NO3/c1-6(2)12(18)19-5-10(17)16-11-8(14)3-7(13)4-9(11)15/h3-4,6H,5H2,1-2H3,(H,16,17). The number of halogens is 3. The van der Waals surface area contributed by atoms with Crippen molar-refractivity contribution in [1.82, 2.24) is 0 Å². The summed E-state index contributed by atoms with van der Waals surface area (Å²) < 4.78 is 7.90. The highest BCUT2D eigenvalue weighted by Gasteiger charge is 2.14. The van der Waals surface area contributed by atoms with Crippen LogP contribution in [0, 0.1) is 16.6 Å². The Morgan fingerprint density at radius 2 is 1.74 bits per heavy atom. The van der Waals surface area contributed by atoms with Crippen molar-refractivity contribution in [3.05, 3.63) is 22.8 Å². The first kappa shape index (κ1) is 17.4. The highest BCUT2D eigenvalue weighted by molar-refractivity contribution is 14.1. The summed E-state index contributed by atoms with van der Waals surface area (Å²) in [6.07, 6.45) is 0. The summed E-state index contributed by atoms with van der Waals surface area (Å²) >= 11 is 6.55. The molecule has 0 spiro atoms. The molecule has 0 aliphatic heterocycles. The first-order valence-corrected chi connectivity index (χ1v) is 8.66. The van der Waals surface area contributed by atoms with Gasteiger partial charge in [0.15, 0.2) is 6.61 Å². The lowest BCUT2D eigenvalue weighted by Crippen LogP contribution is -2.23. The fraction of sp³-hybridized carbons (Fsp3) is 0.333. The lowest BCUT2D eigenvalue weighted by Gasteiger charge is -2.11. The molecular formula is C12H12I3NO3. The van der Waals surface area contributed by atoms with Crippen molar-refractivity contribution >= 4 is 85.3 Å². The topological polar surface area (TPSA) is 55.4 Å². The molecule has 0 aliphatic carbocycles.